The van der Waals surface area contributed by atoms with Gasteiger partial charge in [-0.25, -0.2) is 4.39 Å². The summed E-state index contributed by atoms with van der Waals surface area (Å²) in [7, 11) is -2.76. The van der Waals surface area contributed by atoms with Gasteiger partial charge in [0.25, 0.3) is 0 Å². The lowest BCUT2D eigenvalue weighted by molar-refractivity contribution is -0.0908. The number of likely N-dealkylation sites (N-methyl/N-ethyl adjacent to an activating group) is 1. The number of rotatable bonds is 5. The molecule has 0 saturated carbocycles. The van der Waals surface area contributed by atoms with Gasteiger partial charge < -0.3 is 9.47 Å². The molecule has 0 radical (unpaired) electrons. The number of nitrogens with zero attached hydrogens (tertiary/aromatic N) is 2. The van der Waals surface area contributed by atoms with Crippen molar-refractivity contribution < 1.29 is 22.3 Å². The van der Waals surface area contributed by atoms with Crippen molar-refractivity contribution in [1.29, 1.82) is 0 Å². The fraction of sp³-hybridized carbons (Fsp3) is 0.300. The van der Waals surface area contributed by atoms with E-state index in [0.717, 1.165) is 4.31 Å². The Balaban J connectivity index is 1.72. The van der Waals surface area contributed by atoms with Gasteiger partial charge in [0.1, 0.15) is 0 Å². The predicted octanol–water partition coefficient (Wildman–Crippen LogP) is 2.54. The molecule has 1 N–H and O–H groups in total. The van der Waals surface area contributed by atoms with Crippen LogP contribution in [0.15, 0.2) is 41.3 Å². The highest BCUT2D eigenvalue weighted by molar-refractivity contribution is 7.90. The molecule has 1 atom stereocenters. The first kappa shape index (κ1) is 21.8. The van der Waals surface area contributed by atoms with Gasteiger partial charge in [-0.15, -0.1) is 0 Å². The number of halogens is 2. The van der Waals surface area contributed by atoms with E-state index >= 15 is 4.39 Å². The quantitative estimate of drug-likeness (QED) is 0.619. The molecule has 0 bridgehead atoms. The van der Waals surface area contributed by atoms with Gasteiger partial charge in [0, 0.05) is 25.2 Å². The lowest BCUT2D eigenvalue weighted by Gasteiger charge is -2.27. The molecule has 1 aliphatic heterocycles. The van der Waals surface area contributed by atoms with E-state index in [-0.39, 0.29) is 34.6 Å². The van der Waals surface area contributed by atoms with Gasteiger partial charge in [-0.1, -0.05) is 23.7 Å². The zero-order valence-corrected chi connectivity index (χ0v) is 18.0. The summed E-state index contributed by atoms with van der Waals surface area (Å²) in [5, 5.41) is 0.413. The van der Waals surface area contributed by atoms with Crippen LogP contribution in [0, 0.1) is 5.82 Å². The summed E-state index contributed by atoms with van der Waals surface area (Å²) in [5.41, 5.74) is -0.627. The van der Waals surface area contributed by atoms with Crippen molar-refractivity contribution in [2.45, 2.75) is 6.10 Å². The summed E-state index contributed by atoms with van der Waals surface area (Å²) >= 11 is 5.95. The van der Waals surface area contributed by atoms with Gasteiger partial charge in [-0.05, 0) is 23.6 Å². The standard InChI is InChI=1S/C20H19ClFN3O5S/c1-25(10-14-11-29-6-7-30-14)31(27,28)24-17-5-3-12-2-4-16-15(8-13(21)9-23-16)20(26)18(12)19(17)22/h2-5,8-9,14,24H,6-7,10-11H2,1H3. The van der Waals surface area contributed by atoms with Crippen molar-refractivity contribution in [3.63, 3.8) is 0 Å². The monoisotopic (exact) mass is 467 g/mol. The topological polar surface area (TPSA) is 97.8 Å². The Hall–Kier alpha value is -2.37. The normalized spacial score (nSPS) is 17.4. The molecule has 1 aliphatic rings. The number of benzene rings is 1. The van der Waals surface area contributed by atoms with Gasteiger partial charge >= 0.3 is 10.2 Å². The van der Waals surface area contributed by atoms with Crippen LogP contribution >= 0.6 is 11.6 Å². The van der Waals surface area contributed by atoms with Crippen LogP contribution in [0.5, 0.6) is 0 Å². The molecule has 0 amide bonds. The predicted molar refractivity (Wildman–Crippen MR) is 116 cm³/mol. The van der Waals surface area contributed by atoms with Crippen LogP contribution in [0.25, 0.3) is 21.7 Å². The Morgan fingerprint density at radius 2 is 2.06 bits per heavy atom. The number of anilines is 1. The number of pyridine rings is 1. The second kappa shape index (κ2) is 8.64. The lowest BCUT2D eigenvalue weighted by atomic mass is 10.1. The molecule has 31 heavy (non-hydrogen) atoms. The van der Waals surface area contributed by atoms with E-state index in [1.807, 2.05) is 0 Å². The first-order chi connectivity index (χ1) is 14.8. The number of nitrogens with one attached hydrogen (secondary N) is 1. The number of aromatic nitrogens is 1. The molecule has 4 rings (SSSR count). The number of fused-ring (bicyclic) bond motifs is 2. The number of ether oxygens (including phenoxy) is 2. The summed E-state index contributed by atoms with van der Waals surface area (Å²) in [5.74, 6) is -0.978. The molecule has 1 saturated heterocycles. The van der Waals surface area contributed by atoms with Gasteiger partial charge in [-0.3, -0.25) is 14.5 Å². The molecule has 1 aromatic heterocycles. The van der Waals surface area contributed by atoms with E-state index in [1.165, 1.54) is 31.4 Å². The van der Waals surface area contributed by atoms with Crippen LogP contribution in [0.2, 0.25) is 5.02 Å². The second-order valence-corrected chi connectivity index (χ2v) is 9.31. The molecule has 2 aromatic carbocycles. The van der Waals surface area contributed by atoms with Crippen molar-refractivity contribution >= 4 is 49.2 Å². The Morgan fingerprint density at radius 3 is 2.81 bits per heavy atom. The number of hydrogen-bond donors (Lipinski definition) is 1. The SMILES string of the molecule is CN(CC1COCCO1)S(=O)(=O)Nc1ccc2ccc3ncc(Cl)cc3c(=O)c2c1F. The summed E-state index contributed by atoms with van der Waals surface area (Å²) in [6.07, 6.45) is 0.966. The Kier molecular flexibility index (Phi) is 6.09. The lowest BCUT2D eigenvalue weighted by Crippen LogP contribution is -2.42. The van der Waals surface area contributed by atoms with Crippen molar-refractivity contribution in [3.05, 3.63) is 57.6 Å². The fourth-order valence-electron chi connectivity index (χ4n) is 3.35. The third-order valence-electron chi connectivity index (χ3n) is 4.95. The van der Waals surface area contributed by atoms with Crippen LogP contribution in [-0.2, 0) is 19.7 Å². The van der Waals surface area contributed by atoms with E-state index < -0.39 is 27.6 Å². The maximum atomic E-state index is 15.3. The smallest absolute Gasteiger partial charge is 0.301 e. The molecule has 8 nitrogen and oxygen atoms in total. The van der Waals surface area contributed by atoms with Crippen LogP contribution < -0.4 is 10.2 Å². The first-order valence-corrected chi connectivity index (χ1v) is 11.2. The molecular formula is C20H19ClFN3O5S. The zero-order valence-electron chi connectivity index (χ0n) is 16.5. The average Bonchev–Trinajstić information content (AvgIpc) is 2.88. The van der Waals surface area contributed by atoms with Crippen molar-refractivity contribution in [3.8, 4) is 0 Å². The molecule has 0 aliphatic carbocycles. The molecule has 1 fully saturated rings. The molecule has 11 heteroatoms. The van der Waals surface area contributed by atoms with E-state index in [9.17, 15) is 13.2 Å². The first-order valence-electron chi connectivity index (χ1n) is 9.40. The van der Waals surface area contributed by atoms with Crippen LogP contribution in [0.1, 0.15) is 0 Å². The van der Waals surface area contributed by atoms with Crippen molar-refractivity contribution in [1.82, 2.24) is 9.29 Å². The number of hydrogen-bond acceptors (Lipinski definition) is 6. The highest BCUT2D eigenvalue weighted by Gasteiger charge is 2.25. The molecule has 164 valence electrons. The van der Waals surface area contributed by atoms with Gasteiger partial charge in [-0.2, -0.15) is 12.7 Å². The van der Waals surface area contributed by atoms with Crippen molar-refractivity contribution in [2.24, 2.45) is 0 Å². The molecular weight excluding hydrogens is 449 g/mol. The average molecular weight is 468 g/mol. The van der Waals surface area contributed by atoms with E-state index in [4.69, 9.17) is 21.1 Å². The molecule has 2 heterocycles. The highest BCUT2D eigenvalue weighted by atomic mass is 35.5. The third kappa shape index (κ3) is 4.48. The Bertz CT molecular complexity index is 1320. The largest absolute Gasteiger partial charge is 0.376 e. The summed E-state index contributed by atoms with van der Waals surface area (Å²) in [4.78, 5) is 17.1. The van der Waals surface area contributed by atoms with E-state index in [1.54, 1.807) is 12.1 Å². The van der Waals surface area contributed by atoms with Crippen LogP contribution in [0.3, 0.4) is 0 Å². The van der Waals surface area contributed by atoms with Crippen molar-refractivity contribution in [2.75, 3.05) is 38.1 Å². The maximum absolute atomic E-state index is 15.3. The minimum Gasteiger partial charge on any atom is -0.376 e. The van der Waals surface area contributed by atoms with Gasteiger partial charge in [0.05, 0.1) is 47.5 Å². The van der Waals surface area contributed by atoms with Gasteiger partial charge in [0.15, 0.2) is 11.2 Å². The molecule has 1 unspecified atom stereocenters. The fourth-order valence-corrected chi connectivity index (χ4v) is 4.46. The summed E-state index contributed by atoms with van der Waals surface area (Å²) in [6, 6.07) is 7.28. The minimum absolute atomic E-state index is 0.0289. The van der Waals surface area contributed by atoms with E-state index in [2.05, 4.69) is 9.71 Å². The third-order valence-corrected chi connectivity index (χ3v) is 6.60. The van der Waals surface area contributed by atoms with Crippen LogP contribution in [0.4, 0.5) is 10.1 Å². The minimum atomic E-state index is -4.11. The zero-order chi connectivity index (χ0) is 22.2. The summed E-state index contributed by atoms with van der Waals surface area (Å²) < 4.78 is 54.7. The maximum Gasteiger partial charge on any atom is 0.301 e. The van der Waals surface area contributed by atoms with E-state index in [0.29, 0.717) is 24.1 Å². The Morgan fingerprint density at radius 1 is 1.29 bits per heavy atom. The molecule has 3 aromatic rings. The van der Waals surface area contributed by atoms with Gasteiger partial charge in [0.2, 0.25) is 0 Å². The second-order valence-electron chi connectivity index (χ2n) is 7.10. The van der Waals surface area contributed by atoms with Crippen LogP contribution in [-0.4, -0.2) is 57.2 Å². The summed E-state index contributed by atoms with van der Waals surface area (Å²) in [6.45, 7) is 1.13. The highest BCUT2D eigenvalue weighted by Crippen LogP contribution is 2.25. The Labute approximate surface area is 182 Å². The molecule has 0 spiro atoms.